The van der Waals surface area contributed by atoms with Gasteiger partial charge in [-0.3, -0.25) is 4.99 Å². The lowest BCUT2D eigenvalue weighted by molar-refractivity contribution is 0.112. The Morgan fingerprint density at radius 2 is 2.00 bits per heavy atom. The zero-order valence-electron chi connectivity index (χ0n) is 24.5. The van der Waals surface area contributed by atoms with Crippen LogP contribution in [0.2, 0.25) is 0 Å². The molecule has 1 aromatic heterocycles. The van der Waals surface area contributed by atoms with E-state index in [1.54, 1.807) is 25.1 Å². The van der Waals surface area contributed by atoms with Crippen molar-refractivity contribution in [2.45, 2.75) is 56.4 Å². The maximum absolute atomic E-state index is 15.6. The number of alkyl halides is 1. The van der Waals surface area contributed by atoms with Gasteiger partial charge in [-0.1, -0.05) is 56.4 Å². The van der Waals surface area contributed by atoms with Gasteiger partial charge in [-0.05, 0) is 79.5 Å². The fourth-order valence-electron chi connectivity index (χ4n) is 5.07. The fraction of sp³-hybridized carbons (Fsp3) is 0.353. The van der Waals surface area contributed by atoms with Crippen molar-refractivity contribution in [1.29, 1.82) is 0 Å². The molecule has 0 saturated heterocycles. The number of halogens is 1. The van der Waals surface area contributed by atoms with E-state index in [2.05, 4.69) is 30.6 Å². The van der Waals surface area contributed by atoms with Crippen LogP contribution in [0, 0.1) is 12.5 Å². The molecular formula is C34H40FN3O2S. The molecule has 0 radical (unpaired) electrons. The van der Waals surface area contributed by atoms with Gasteiger partial charge >= 0.3 is 0 Å². The third-order valence-corrected chi connectivity index (χ3v) is 9.05. The maximum atomic E-state index is 15.6. The molecule has 7 heteroatoms. The van der Waals surface area contributed by atoms with E-state index < -0.39 is 20.8 Å². The van der Waals surface area contributed by atoms with Gasteiger partial charge in [0.2, 0.25) is 0 Å². The van der Waals surface area contributed by atoms with Crippen LogP contribution in [0.15, 0.2) is 72.4 Å². The highest BCUT2D eigenvalue weighted by atomic mass is 32.2. The van der Waals surface area contributed by atoms with Crippen molar-refractivity contribution in [2.24, 2.45) is 4.99 Å². The molecule has 5 nitrogen and oxygen atoms in total. The normalized spacial score (nSPS) is 20.3. The van der Waals surface area contributed by atoms with Gasteiger partial charge in [0.25, 0.3) is 0 Å². The molecule has 0 atom stereocenters. The molecule has 0 N–H and O–H groups in total. The van der Waals surface area contributed by atoms with E-state index in [1.807, 2.05) is 61.0 Å². The molecule has 1 fully saturated rings. The highest BCUT2D eigenvalue weighted by Crippen LogP contribution is 2.37. The van der Waals surface area contributed by atoms with Crippen LogP contribution in [-0.4, -0.2) is 55.8 Å². The van der Waals surface area contributed by atoms with Gasteiger partial charge in [0.15, 0.2) is 0 Å². The molecule has 0 bridgehead atoms. The third-order valence-electron chi connectivity index (χ3n) is 7.37. The SMILES string of the molecule is C#CN(C)/C=C(\C=C)c1cccc(-c2ccc(/C(C=NC)=C/CC)c(/C=C/CC3(F)CCC(S(C)(=O)=O)CC3)n2)c1. The van der Waals surface area contributed by atoms with Gasteiger partial charge in [-0.2, -0.15) is 0 Å². The Morgan fingerprint density at radius 3 is 2.61 bits per heavy atom. The molecule has 216 valence electrons. The summed E-state index contributed by atoms with van der Waals surface area (Å²) >= 11 is 0. The van der Waals surface area contributed by atoms with Gasteiger partial charge in [-0.15, -0.1) is 0 Å². The van der Waals surface area contributed by atoms with Crippen molar-refractivity contribution in [3.63, 3.8) is 0 Å². The summed E-state index contributed by atoms with van der Waals surface area (Å²) in [5.41, 5.74) is 4.68. The summed E-state index contributed by atoms with van der Waals surface area (Å²) in [6, 6.07) is 14.6. The Hall–Kier alpha value is -3.76. The molecule has 1 aliphatic carbocycles. The number of sulfone groups is 1. The van der Waals surface area contributed by atoms with E-state index in [0.717, 1.165) is 40.0 Å². The molecular weight excluding hydrogens is 533 g/mol. The first-order chi connectivity index (χ1) is 19.5. The molecule has 41 heavy (non-hydrogen) atoms. The van der Waals surface area contributed by atoms with Crippen molar-refractivity contribution in [1.82, 2.24) is 9.88 Å². The van der Waals surface area contributed by atoms with Crippen molar-refractivity contribution in [3.8, 4) is 23.7 Å². The highest BCUT2D eigenvalue weighted by Gasteiger charge is 2.37. The number of nitrogens with zero attached hydrogens (tertiary/aromatic N) is 3. The predicted octanol–water partition coefficient (Wildman–Crippen LogP) is 7.39. The summed E-state index contributed by atoms with van der Waals surface area (Å²) in [5, 5.41) is -0.449. The van der Waals surface area contributed by atoms with Crippen LogP contribution in [0.5, 0.6) is 0 Å². The Bertz CT molecular complexity index is 1500. The second kappa shape index (κ2) is 14.2. The Balaban J connectivity index is 1.98. The largest absolute Gasteiger partial charge is 0.311 e. The average molecular weight is 574 g/mol. The van der Waals surface area contributed by atoms with Crippen molar-refractivity contribution in [2.75, 3.05) is 20.4 Å². The highest BCUT2D eigenvalue weighted by molar-refractivity contribution is 7.91. The smallest absolute Gasteiger partial charge is 0.150 e. The number of terminal acetylenes is 1. The van der Waals surface area contributed by atoms with Crippen LogP contribution in [0.25, 0.3) is 28.5 Å². The van der Waals surface area contributed by atoms with Gasteiger partial charge in [0.05, 0.1) is 16.6 Å². The number of benzene rings is 1. The number of rotatable bonds is 11. The minimum Gasteiger partial charge on any atom is -0.311 e. The first-order valence-corrected chi connectivity index (χ1v) is 15.8. The molecule has 0 spiro atoms. The monoisotopic (exact) mass is 573 g/mol. The molecule has 1 aliphatic rings. The summed E-state index contributed by atoms with van der Waals surface area (Å²) in [7, 11) is 0.380. The molecule has 3 rings (SSSR count). The van der Waals surface area contributed by atoms with Crippen LogP contribution in [-0.2, 0) is 9.84 Å². The van der Waals surface area contributed by atoms with E-state index in [1.165, 1.54) is 6.26 Å². The maximum Gasteiger partial charge on any atom is 0.150 e. The van der Waals surface area contributed by atoms with Gasteiger partial charge in [-0.25, -0.2) is 17.8 Å². The number of aliphatic imine (C=N–C) groups is 1. The topological polar surface area (TPSA) is 62.6 Å². The first kappa shape index (κ1) is 31.8. The number of aromatic nitrogens is 1. The predicted molar refractivity (Wildman–Crippen MR) is 172 cm³/mol. The molecule has 1 saturated carbocycles. The summed E-state index contributed by atoms with van der Waals surface area (Å²) in [4.78, 5) is 10.9. The standard InChI is InChI=1S/C34H40FN3O2S/c1-7-12-29(24-36-4)31-16-17-32(28-14-10-13-27(23-28)26(8-2)25-38(5)9-3)37-33(31)15-11-20-34(35)21-18-30(19-22-34)41(6,39)40/h3,8,10-17,23-25,30H,2,7,18-22H2,1,4-6H3/b15-11+,26-25+,29-12+,36-24?. The molecule has 2 aromatic rings. The average Bonchev–Trinajstić information content (AvgIpc) is 2.95. The summed E-state index contributed by atoms with van der Waals surface area (Å²) in [6.07, 6.45) is 20.2. The van der Waals surface area contributed by atoms with Crippen molar-refractivity contribution >= 4 is 33.3 Å². The zero-order chi connectivity index (χ0) is 30.0. The summed E-state index contributed by atoms with van der Waals surface area (Å²) in [6.45, 7) is 6.00. The quantitative estimate of drug-likeness (QED) is 0.122. The van der Waals surface area contributed by atoms with Crippen LogP contribution in [0.3, 0.4) is 0 Å². The number of hydrogen-bond donors (Lipinski definition) is 0. The fourth-order valence-corrected chi connectivity index (χ4v) is 6.16. The minimum atomic E-state index is -3.15. The van der Waals surface area contributed by atoms with Crippen LogP contribution in [0.1, 0.15) is 62.3 Å². The number of pyridine rings is 1. The Labute approximate surface area is 245 Å². The van der Waals surface area contributed by atoms with Crippen molar-refractivity contribution < 1.29 is 12.8 Å². The second-order valence-corrected chi connectivity index (χ2v) is 12.8. The number of hydrogen-bond acceptors (Lipinski definition) is 5. The van der Waals surface area contributed by atoms with Gasteiger partial charge < -0.3 is 4.90 Å². The van der Waals surface area contributed by atoms with E-state index in [0.29, 0.717) is 18.5 Å². The van der Waals surface area contributed by atoms with E-state index in [9.17, 15) is 8.42 Å². The van der Waals surface area contributed by atoms with Crippen LogP contribution < -0.4 is 0 Å². The number of allylic oxidation sites excluding steroid dienone is 5. The van der Waals surface area contributed by atoms with Crippen molar-refractivity contribution in [3.05, 3.63) is 84.2 Å². The lowest BCUT2D eigenvalue weighted by Crippen LogP contribution is -2.34. The molecule has 1 heterocycles. The Kier molecular flexibility index (Phi) is 11.0. The lowest BCUT2D eigenvalue weighted by atomic mass is 9.83. The first-order valence-electron chi connectivity index (χ1n) is 13.9. The second-order valence-electron chi connectivity index (χ2n) is 10.5. The van der Waals surface area contributed by atoms with Crippen LogP contribution >= 0.6 is 0 Å². The van der Waals surface area contributed by atoms with Gasteiger partial charge in [0.1, 0.15) is 15.5 Å². The van der Waals surface area contributed by atoms with Gasteiger partial charge in [0, 0.05) is 49.9 Å². The van der Waals surface area contributed by atoms with E-state index in [4.69, 9.17) is 11.4 Å². The summed E-state index contributed by atoms with van der Waals surface area (Å²) in [5.74, 6) is 0. The molecule has 0 unspecified atom stereocenters. The van der Waals surface area contributed by atoms with E-state index in [-0.39, 0.29) is 19.3 Å². The zero-order valence-corrected chi connectivity index (χ0v) is 25.3. The Morgan fingerprint density at radius 1 is 1.27 bits per heavy atom. The molecule has 0 amide bonds. The third kappa shape index (κ3) is 8.61. The van der Waals surface area contributed by atoms with Crippen LogP contribution in [0.4, 0.5) is 4.39 Å². The molecule has 1 aromatic carbocycles. The minimum absolute atomic E-state index is 0.204. The lowest BCUT2D eigenvalue weighted by Gasteiger charge is -2.32. The van der Waals surface area contributed by atoms with E-state index >= 15 is 4.39 Å². The summed E-state index contributed by atoms with van der Waals surface area (Å²) < 4.78 is 39.4. The molecule has 0 aliphatic heterocycles.